The van der Waals surface area contributed by atoms with Crippen LogP contribution in [0.5, 0.6) is 0 Å². The molecule has 0 bridgehead atoms. The second-order valence-corrected chi connectivity index (χ2v) is 11.3. The van der Waals surface area contributed by atoms with Gasteiger partial charge in [0.05, 0.1) is 0 Å². The minimum Gasteiger partial charge on any atom is -0.444 e. The number of hydrogen-bond acceptors (Lipinski definition) is 4. The van der Waals surface area contributed by atoms with Gasteiger partial charge in [-0.3, -0.25) is 0 Å². The summed E-state index contributed by atoms with van der Waals surface area (Å²) in [6.07, 6.45) is 7.76. The van der Waals surface area contributed by atoms with Crippen molar-refractivity contribution in [1.82, 2.24) is 4.90 Å². The van der Waals surface area contributed by atoms with Crippen molar-refractivity contribution in [2.24, 2.45) is 0 Å². The molecule has 0 unspecified atom stereocenters. The molecule has 1 aliphatic heterocycles. The molecule has 5 rings (SSSR count). The molecule has 1 aliphatic carbocycles. The summed E-state index contributed by atoms with van der Waals surface area (Å²) in [6, 6.07) is 19.9. The summed E-state index contributed by atoms with van der Waals surface area (Å²) in [7, 11) is 0. The summed E-state index contributed by atoms with van der Waals surface area (Å²) < 4.78 is 9.13. The maximum absolute atomic E-state index is 12.4. The fraction of sp³-hybridized carbons (Fsp3) is 0.406. The van der Waals surface area contributed by atoms with Crippen LogP contribution in [0.1, 0.15) is 70.6 Å². The molecule has 1 heterocycles. The van der Waals surface area contributed by atoms with Crippen molar-refractivity contribution >= 4 is 40.1 Å². The topological polar surface area (TPSA) is 41.6 Å². The maximum Gasteiger partial charge on any atom is 0.410 e. The fourth-order valence-corrected chi connectivity index (χ4v) is 5.74. The minimum atomic E-state index is -0.474. The third-order valence-electron chi connectivity index (χ3n) is 6.72. The second kappa shape index (κ2) is 12.1. The van der Waals surface area contributed by atoms with Crippen molar-refractivity contribution in [3.05, 3.63) is 77.4 Å². The molecule has 196 valence electrons. The summed E-state index contributed by atoms with van der Waals surface area (Å²) in [5.74, 6) is 0. The monoisotopic (exact) mass is 516 g/mol. The van der Waals surface area contributed by atoms with E-state index in [2.05, 4.69) is 65.4 Å². The van der Waals surface area contributed by atoms with Crippen LogP contribution in [0.4, 0.5) is 10.5 Å². The van der Waals surface area contributed by atoms with Gasteiger partial charge in [0.2, 0.25) is 0 Å². The van der Waals surface area contributed by atoms with E-state index in [4.69, 9.17) is 4.74 Å². The Morgan fingerprint density at radius 2 is 1.65 bits per heavy atom. The molecule has 3 aromatic rings. The Kier molecular flexibility index (Phi) is 8.86. The number of ether oxygens (including phenoxy) is 1. The van der Waals surface area contributed by atoms with Crippen LogP contribution in [-0.4, -0.2) is 29.7 Å². The molecule has 0 radical (unpaired) electrons. The highest BCUT2D eigenvalue weighted by molar-refractivity contribution is 8.00. The van der Waals surface area contributed by atoms with Gasteiger partial charge in [-0.15, -0.1) is 0 Å². The largest absolute Gasteiger partial charge is 0.444 e. The molecule has 5 heteroatoms. The standard InChI is InChI=1S/C30H34N2O2S.C2H6/c1-30(2,3)34-29(33)32-18-16-22(17-19-32)25-14-15-28(27-11-7-6-10-26(25)27)35-31-24-13-12-21-8-4-5-9-23(21)20-24;1-2/h6-7,10-16,20,31H,4-5,8-9,17-19H2,1-3H3;1-2H3. The number of nitrogens with zero attached hydrogens (tertiary/aromatic N) is 1. The number of anilines is 1. The van der Waals surface area contributed by atoms with E-state index in [0.717, 1.165) is 6.42 Å². The number of benzene rings is 3. The van der Waals surface area contributed by atoms with E-state index in [1.54, 1.807) is 16.8 Å². The lowest BCUT2D eigenvalue weighted by atomic mass is 9.91. The van der Waals surface area contributed by atoms with Crippen LogP contribution in [0.15, 0.2) is 65.6 Å². The zero-order chi connectivity index (χ0) is 26.4. The third kappa shape index (κ3) is 6.70. The van der Waals surface area contributed by atoms with Gasteiger partial charge in [-0.2, -0.15) is 0 Å². The van der Waals surface area contributed by atoms with Crippen LogP contribution in [0.3, 0.4) is 0 Å². The van der Waals surface area contributed by atoms with Crippen molar-refractivity contribution in [2.75, 3.05) is 17.8 Å². The summed E-state index contributed by atoms with van der Waals surface area (Å²) in [5, 5.41) is 2.50. The van der Waals surface area contributed by atoms with Gasteiger partial charge in [0.1, 0.15) is 5.60 Å². The predicted octanol–water partition coefficient (Wildman–Crippen LogP) is 8.89. The molecule has 0 aromatic heterocycles. The van der Waals surface area contributed by atoms with E-state index >= 15 is 0 Å². The smallest absolute Gasteiger partial charge is 0.410 e. The molecule has 2 aliphatic rings. The highest BCUT2D eigenvalue weighted by atomic mass is 32.2. The first kappa shape index (κ1) is 27.1. The first-order valence-corrected chi connectivity index (χ1v) is 14.4. The SMILES string of the molecule is CC.CC(C)(C)OC(=O)N1CC=C(c2ccc(SNc3ccc4c(c3)CCCC4)c3ccccc23)CC1. The number of carbonyl (C=O) groups is 1. The van der Waals surface area contributed by atoms with Crippen molar-refractivity contribution in [1.29, 1.82) is 0 Å². The molecule has 0 saturated heterocycles. The average Bonchev–Trinajstić information content (AvgIpc) is 2.92. The quantitative estimate of drug-likeness (QED) is 0.352. The lowest BCUT2D eigenvalue weighted by Crippen LogP contribution is -2.39. The molecule has 4 nitrogen and oxygen atoms in total. The van der Waals surface area contributed by atoms with Crippen LogP contribution in [0.2, 0.25) is 0 Å². The van der Waals surface area contributed by atoms with Crippen LogP contribution in [0.25, 0.3) is 16.3 Å². The molecule has 0 saturated carbocycles. The van der Waals surface area contributed by atoms with E-state index in [1.165, 1.54) is 69.3 Å². The molecule has 0 atom stereocenters. The Morgan fingerprint density at radius 3 is 2.35 bits per heavy atom. The van der Waals surface area contributed by atoms with Crippen LogP contribution < -0.4 is 4.72 Å². The molecule has 3 aromatic carbocycles. The number of rotatable bonds is 4. The Balaban J connectivity index is 0.00000156. The van der Waals surface area contributed by atoms with Gasteiger partial charge in [0, 0.05) is 23.7 Å². The molecule has 37 heavy (non-hydrogen) atoms. The highest BCUT2D eigenvalue weighted by Gasteiger charge is 2.24. The van der Waals surface area contributed by atoms with Gasteiger partial charge in [0.25, 0.3) is 0 Å². The lowest BCUT2D eigenvalue weighted by molar-refractivity contribution is 0.0270. The van der Waals surface area contributed by atoms with E-state index in [-0.39, 0.29) is 6.09 Å². The van der Waals surface area contributed by atoms with Crippen LogP contribution in [-0.2, 0) is 17.6 Å². The van der Waals surface area contributed by atoms with Gasteiger partial charge in [-0.1, -0.05) is 56.3 Å². The number of carbonyl (C=O) groups excluding carboxylic acids is 1. The zero-order valence-electron chi connectivity index (χ0n) is 22.9. The van der Waals surface area contributed by atoms with Gasteiger partial charge in [-0.05, 0) is 116 Å². The van der Waals surface area contributed by atoms with E-state index in [1.807, 2.05) is 34.6 Å². The first-order valence-electron chi connectivity index (χ1n) is 13.6. The summed E-state index contributed by atoms with van der Waals surface area (Å²) in [6.45, 7) is 11.0. The predicted molar refractivity (Wildman–Crippen MR) is 158 cm³/mol. The molecule has 1 N–H and O–H groups in total. The van der Waals surface area contributed by atoms with E-state index < -0.39 is 5.60 Å². The van der Waals surface area contributed by atoms with Gasteiger partial charge in [-0.25, -0.2) is 4.79 Å². The van der Waals surface area contributed by atoms with E-state index in [0.29, 0.717) is 13.1 Å². The zero-order valence-corrected chi connectivity index (χ0v) is 23.7. The van der Waals surface area contributed by atoms with Crippen molar-refractivity contribution < 1.29 is 9.53 Å². The van der Waals surface area contributed by atoms with E-state index in [9.17, 15) is 4.79 Å². The number of amides is 1. The normalized spacial score (nSPS) is 15.3. The number of aryl methyl sites for hydroxylation is 2. The van der Waals surface area contributed by atoms with Gasteiger partial charge < -0.3 is 14.4 Å². The lowest BCUT2D eigenvalue weighted by Gasteiger charge is -2.30. The maximum atomic E-state index is 12.4. The molecular formula is C32H40N2O2S. The number of hydrogen-bond donors (Lipinski definition) is 1. The summed E-state index contributed by atoms with van der Waals surface area (Å²) in [5.41, 5.74) is 6.24. The molecule has 0 fully saturated rings. The minimum absolute atomic E-state index is 0.238. The number of fused-ring (bicyclic) bond motifs is 2. The van der Waals surface area contributed by atoms with Gasteiger partial charge >= 0.3 is 6.09 Å². The average molecular weight is 517 g/mol. The Labute approximate surface area is 226 Å². The highest BCUT2D eigenvalue weighted by Crippen LogP contribution is 2.36. The van der Waals surface area contributed by atoms with Crippen molar-refractivity contribution in [2.45, 2.75) is 77.2 Å². The first-order chi connectivity index (χ1) is 17.9. The van der Waals surface area contributed by atoms with Crippen molar-refractivity contribution in [3.63, 3.8) is 0 Å². The Hall–Kier alpha value is -2.92. The number of nitrogens with one attached hydrogen (secondary N) is 1. The summed E-state index contributed by atoms with van der Waals surface area (Å²) >= 11 is 1.68. The van der Waals surface area contributed by atoms with Gasteiger partial charge in [0.15, 0.2) is 0 Å². The summed E-state index contributed by atoms with van der Waals surface area (Å²) in [4.78, 5) is 15.4. The van der Waals surface area contributed by atoms with Crippen LogP contribution >= 0.6 is 11.9 Å². The Morgan fingerprint density at radius 1 is 0.919 bits per heavy atom. The molecule has 1 amide bonds. The van der Waals surface area contributed by atoms with Crippen LogP contribution in [0, 0.1) is 0 Å². The molecule has 0 spiro atoms. The molecular weight excluding hydrogens is 476 g/mol. The Bertz CT molecular complexity index is 1280. The fourth-order valence-electron chi connectivity index (χ4n) is 4.96. The third-order valence-corrected chi connectivity index (χ3v) is 7.63. The second-order valence-electron chi connectivity index (χ2n) is 10.5. The van der Waals surface area contributed by atoms with Crippen molar-refractivity contribution in [3.8, 4) is 0 Å².